The summed E-state index contributed by atoms with van der Waals surface area (Å²) in [6.07, 6.45) is 5.16. The van der Waals surface area contributed by atoms with Crippen LogP contribution in [-0.2, 0) is 9.59 Å². The van der Waals surface area contributed by atoms with Crippen LogP contribution in [0, 0.1) is 5.92 Å². The molecular formula is C26H35N5O7. The second-order valence-corrected chi connectivity index (χ2v) is 8.50. The molecule has 2 aromatic rings. The van der Waals surface area contributed by atoms with Crippen molar-refractivity contribution in [2.45, 2.75) is 58.9 Å². The Labute approximate surface area is 221 Å². The number of hydrogen-bond donors (Lipinski definition) is 4. The number of hydrogen-bond acceptors (Lipinski definition) is 8. The van der Waals surface area contributed by atoms with Crippen LogP contribution in [0.25, 0.3) is 11.4 Å². The Morgan fingerprint density at radius 3 is 2.53 bits per heavy atom. The Kier molecular flexibility index (Phi) is 12.1. The summed E-state index contributed by atoms with van der Waals surface area (Å²) in [6, 6.07) is 5.13. The number of carboxylic acid groups (broad SMARTS) is 1. The van der Waals surface area contributed by atoms with Crippen LogP contribution in [-0.4, -0.2) is 68.9 Å². The fourth-order valence-corrected chi connectivity index (χ4v) is 4.02. The molecule has 0 aliphatic heterocycles. The average Bonchev–Trinajstić information content (AvgIpc) is 2.92. The molecule has 1 heterocycles. The summed E-state index contributed by atoms with van der Waals surface area (Å²) in [5.41, 5.74) is 0.500. The van der Waals surface area contributed by atoms with E-state index in [1.165, 1.54) is 30.5 Å². The highest BCUT2D eigenvalue weighted by Gasteiger charge is 2.30. The Morgan fingerprint density at radius 1 is 1.13 bits per heavy atom. The van der Waals surface area contributed by atoms with Gasteiger partial charge in [0.25, 0.3) is 5.91 Å². The summed E-state index contributed by atoms with van der Waals surface area (Å²) in [6.45, 7) is 5.62. The standard InChI is InChI=1S/C26H35N5O7/c1-4-7-8-9-18(21(5-2)31(37)16-32)24(33)28-15-29-25(34)20-12-13-27-23(30-20)17-10-11-19(26(35)36)22(14-17)38-6-3/h10-14,16,18,21,37H,4-9,15H2,1-3H3,(H,28,33)(H,29,34)(H,35,36). The number of nitrogens with one attached hydrogen (secondary N) is 2. The molecule has 0 saturated heterocycles. The third kappa shape index (κ3) is 8.23. The lowest BCUT2D eigenvalue weighted by Gasteiger charge is -2.29. The van der Waals surface area contributed by atoms with Crippen LogP contribution < -0.4 is 15.4 Å². The first-order valence-corrected chi connectivity index (χ1v) is 12.6. The molecule has 0 aliphatic rings. The smallest absolute Gasteiger partial charge is 0.339 e. The van der Waals surface area contributed by atoms with E-state index < -0.39 is 23.8 Å². The van der Waals surface area contributed by atoms with Gasteiger partial charge in [0.15, 0.2) is 5.82 Å². The van der Waals surface area contributed by atoms with Gasteiger partial charge >= 0.3 is 5.97 Å². The number of benzene rings is 1. The lowest BCUT2D eigenvalue weighted by atomic mass is 9.90. The quantitative estimate of drug-likeness (QED) is 0.0839. The summed E-state index contributed by atoms with van der Waals surface area (Å²) >= 11 is 0. The second kappa shape index (κ2) is 15.3. The molecule has 0 saturated carbocycles. The zero-order valence-electron chi connectivity index (χ0n) is 21.8. The number of hydroxylamine groups is 2. The van der Waals surface area contributed by atoms with Gasteiger partial charge in [-0.15, -0.1) is 0 Å². The fourth-order valence-electron chi connectivity index (χ4n) is 4.02. The number of carbonyl (C=O) groups is 4. The number of rotatable bonds is 16. The van der Waals surface area contributed by atoms with Crippen molar-refractivity contribution in [2.24, 2.45) is 5.92 Å². The maximum Gasteiger partial charge on any atom is 0.339 e. The maximum absolute atomic E-state index is 12.9. The molecule has 3 amide bonds. The zero-order valence-corrected chi connectivity index (χ0v) is 21.8. The predicted molar refractivity (Wildman–Crippen MR) is 137 cm³/mol. The van der Waals surface area contributed by atoms with Crippen molar-refractivity contribution in [3.05, 3.63) is 41.7 Å². The second-order valence-electron chi connectivity index (χ2n) is 8.50. The number of aromatic carboxylic acids is 1. The van der Waals surface area contributed by atoms with Crippen molar-refractivity contribution in [2.75, 3.05) is 13.3 Å². The first-order valence-electron chi connectivity index (χ1n) is 12.6. The third-order valence-electron chi connectivity index (χ3n) is 5.96. The van der Waals surface area contributed by atoms with Crippen molar-refractivity contribution in [1.29, 1.82) is 0 Å². The molecule has 4 N–H and O–H groups in total. The van der Waals surface area contributed by atoms with Crippen molar-refractivity contribution in [1.82, 2.24) is 25.7 Å². The minimum Gasteiger partial charge on any atom is -0.493 e. The number of ether oxygens (including phenoxy) is 1. The summed E-state index contributed by atoms with van der Waals surface area (Å²) < 4.78 is 5.42. The third-order valence-corrected chi connectivity index (χ3v) is 5.96. The van der Waals surface area contributed by atoms with E-state index >= 15 is 0 Å². The SMILES string of the molecule is CCCCCC(C(=O)NCNC(=O)c1ccnc(-c2ccc(C(=O)O)c(OCC)c2)n1)C(CC)N(O)C=O. The topological polar surface area (TPSA) is 171 Å². The first kappa shape index (κ1) is 30.2. The van der Waals surface area contributed by atoms with Crippen molar-refractivity contribution in [3.63, 3.8) is 0 Å². The molecule has 1 aromatic heterocycles. The van der Waals surface area contributed by atoms with E-state index in [9.17, 15) is 29.5 Å². The number of nitrogens with zero attached hydrogens (tertiary/aromatic N) is 3. The van der Waals surface area contributed by atoms with Gasteiger partial charge in [0.05, 0.1) is 25.2 Å². The lowest BCUT2D eigenvalue weighted by Crippen LogP contribution is -2.47. The molecule has 2 atom stereocenters. The molecule has 2 unspecified atom stereocenters. The molecule has 2 rings (SSSR count). The fraction of sp³-hybridized carbons (Fsp3) is 0.462. The zero-order chi connectivity index (χ0) is 28.1. The minimum atomic E-state index is -1.13. The highest BCUT2D eigenvalue weighted by Crippen LogP contribution is 2.26. The minimum absolute atomic E-state index is 0.00369. The van der Waals surface area contributed by atoms with Crippen LogP contribution in [0.4, 0.5) is 0 Å². The largest absolute Gasteiger partial charge is 0.493 e. The summed E-state index contributed by atoms with van der Waals surface area (Å²) in [5, 5.41) is 25.0. The molecule has 38 heavy (non-hydrogen) atoms. The van der Waals surface area contributed by atoms with Gasteiger partial charge in [-0.25, -0.2) is 19.8 Å². The lowest BCUT2D eigenvalue weighted by molar-refractivity contribution is -0.168. The van der Waals surface area contributed by atoms with E-state index in [-0.39, 0.29) is 48.4 Å². The number of unbranched alkanes of at least 4 members (excludes halogenated alkanes) is 2. The Bertz CT molecular complexity index is 1110. The number of aromatic nitrogens is 2. The van der Waals surface area contributed by atoms with E-state index in [0.29, 0.717) is 23.5 Å². The van der Waals surface area contributed by atoms with E-state index in [1.807, 2.05) is 6.92 Å². The van der Waals surface area contributed by atoms with Crippen molar-refractivity contribution >= 4 is 24.2 Å². The monoisotopic (exact) mass is 529 g/mol. The van der Waals surface area contributed by atoms with Gasteiger partial charge in [-0.2, -0.15) is 0 Å². The molecule has 0 aliphatic carbocycles. The van der Waals surface area contributed by atoms with E-state index in [0.717, 1.165) is 19.3 Å². The molecular weight excluding hydrogens is 494 g/mol. The molecule has 0 spiro atoms. The summed E-state index contributed by atoms with van der Waals surface area (Å²) in [7, 11) is 0. The highest BCUT2D eigenvalue weighted by molar-refractivity contribution is 5.93. The van der Waals surface area contributed by atoms with Gasteiger partial charge in [-0.3, -0.25) is 19.6 Å². The molecule has 1 aromatic carbocycles. The Balaban J connectivity index is 2.09. The molecule has 206 valence electrons. The average molecular weight is 530 g/mol. The van der Waals surface area contributed by atoms with E-state index in [1.54, 1.807) is 13.8 Å². The van der Waals surface area contributed by atoms with Gasteiger partial charge in [-0.05, 0) is 38.0 Å². The molecule has 0 radical (unpaired) electrons. The molecule has 12 nitrogen and oxygen atoms in total. The van der Waals surface area contributed by atoms with E-state index in [4.69, 9.17) is 4.74 Å². The molecule has 0 fully saturated rings. The van der Waals surface area contributed by atoms with Crippen molar-refractivity contribution < 1.29 is 34.2 Å². The first-order chi connectivity index (χ1) is 18.3. The number of carbonyl (C=O) groups excluding carboxylic acids is 3. The normalized spacial score (nSPS) is 12.2. The molecule has 0 bridgehead atoms. The maximum atomic E-state index is 12.9. The van der Waals surface area contributed by atoms with Gasteiger partial charge < -0.3 is 20.5 Å². The van der Waals surface area contributed by atoms with Gasteiger partial charge in [0.2, 0.25) is 12.3 Å². The predicted octanol–water partition coefficient (Wildman–Crippen LogP) is 2.87. The van der Waals surface area contributed by atoms with Crippen LogP contribution in [0.15, 0.2) is 30.5 Å². The van der Waals surface area contributed by atoms with Gasteiger partial charge in [0, 0.05) is 11.8 Å². The Morgan fingerprint density at radius 2 is 1.89 bits per heavy atom. The van der Waals surface area contributed by atoms with E-state index in [2.05, 4.69) is 20.6 Å². The van der Waals surface area contributed by atoms with Gasteiger partial charge in [0.1, 0.15) is 17.0 Å². The summed E-state index contributed by atoms with van der Waals surface area (Å²) in [4.78, 5) is 56.5. The van der Waals surface area contributed by atoms with Crippen molar-refractivity contribution in [3.8, 4) is 17.1 Å². The van der Waals surface area contributed by atoms with Gasteiger partial charge in [-0.1, -0.05) is 39.2 Å². The number of carboxylic acids is 1. The van der Waals surface area contributed by atoms with Crippen LogP contribution in [0.1, 0.15) is 73.7 Å². The van der Waals surface area contributed by atoms with Crippen LogP contribution in [0.2, 0.25) is 0 Å². The van der Waals surface area contributed by atoms with Crippen LogP contribution in [0.3, 0.4) is 0 Å². The van der Waals surface area contributed by atoms with Crippen LogP contribution in [0.5, 0.6) is 5.75 Å². The van der Waals surface area contributed by atoms with Crippen LogP contribution >= 0.6 is 0 Å². The summed E-state index contributed by atoms with van der Waals surface area (Å²) in [5.74, 6) is -2.37. The highest BCUT2D eigenvalue weighted by atomic mass is 16.5. The Hall–Kier alpha value is -4.06. The molecule has 12 heteroatoms. The number of amides is 3.